The first-order valence-electron chi connectivity index (χ1n) is 11.4. The van der Waals surface area contributed by atoms with E-state index < -0.39 is 0 Å². The van der Waals surface area contributed by atoms with Crippen LogP contribution in [-0.4, -0.2) is 77.5 Å². The van der Waals surface area contributed by atoms with Crippen LogP contribution >= 0.6 is 0 Å². The summed E-state index contributed by atoms with van der Waals surface area (Å²) in [5, 5.41) is 0. The molecule has 8 heteroatoms. The number of amides is 2. The number of carbonyl (C=O) groups excluding carboxylic acids is 2. The maximum atomic E-state index is 13.1. The highest BCUT2D eigenvalue weighted by molar-refractivity contribution is 6.00. The maximum absolute atomic E-state index is 13.1. The van der Waals surface area contributed by atoms with E-state index in [2.05, 4.69) is 28.3 Å². The summed E-state index contributed by atoms with van der Waals surface area (Å²) in [7, 11) is 1.61. The van der Waals surface area contributed by atoms with Crippen LogP contribution in [0.3, 0.4) is 0 Å². The van der Waals surface area contributed by atoms with Crippen molar-refractivity contribution in [3.8, 4) is 5.75 Å². The van der Waals surface area contributed by atoms with Gasteiger partial charge in [-0.2, -0.15) is 0 Å². The van der Waals surface area contributed by atoms with Gasteiger partial charge in [0.25, 0.3) is 0 Å². The number of hydrogen-bond donors (Lipinski definition) is 0. The summed E-state index contributed by atoms with van der Waals surface area (Å²) in [6.45, 7) is 9.75. The van der Waals surface area contributed by atoms with E-state index >= 15 is 0 Å². The van der Waals surface area contributed by atoms with E-state index in [-0.39, 0.29) is 24.2 Å². The third kappa shape index (κ3) is 4.80. The van der Waals surface area contributed by atoms with Crippen molar-refractivity contribution in [3.05, 3.63) is 42.5 Å². The van der Waals surface area contributed by atoms with Crippen LogP contribution in [0.4, 0.5) is 5.69 Å². The van der Waals surface area contributed by atoms with Gasteiger partial charge in [-0.05, 0) is 12.1 Å². The fourth-order valence-electron chi connectivity index (χ4n) is 4.61. The zero-order chi connectivity index (χ0) is 22.7. The van der Waals surface area contributed by atoms with Crippen molar-refractivity contribution in [3.63, 3.8) is 0 Å². The van der Waals surface area contributed by atoms with Gasteiger partial charge in [0.15, 0.2) is 0 Å². The molecule has 2 aliphatic heterocycles. The predicted octanol–water partition coefficient (Wildman–Crippen LogP) is 2.21. The minimum Gasteiger partial charge on any atom is -0.497 e. The van der Waals surface area contributed by atoms with Crippen LogP contribution in [0.25, 0.3) is 0 Å². The molecule has 8 nitrogen and oxygen atoms in total. The van der Waals surface area contributed by atoms with Crippen molar-refractivity contribution in [2.24, 2.45) is 5.92 Å². The predicted molar refractivity (Wildman–Crippen MR) is 123 cm³/mol. The van der Waals surface area contributed by atoms with Gasteiger partial charge < -0.3 is 19.1 Å². The van der Waals surface area contributed by atoms with Crippen molar-refractivity contribution in [2.45, 2.75) is 32.7 Å². The zero-order valence-electron chi connectivity index (χ0n) is 19.2. The third-order valence-corrected chi connectivity index (χ3v) is 6.44. The number of ether oxygens (including phenoxy) is 1. The van der Waals surface area contributed by atoms with E-state index in [1.54, 1.807) is 12.0 Å². The van der Waals surface area contributed by atoms with Crippen LogP contribution in [0.1, 0.15) is 32.0 Å². The van der Waals surface area contributed by atoms with Gasteiger partial charge in [-0.15, -0.1) is 0 Å². The van der Waals surface area contributed by atoms with Crippen LogP contribution in [-0.2, 0) is 16.1 Å². The third-order valence-electron chi connectivity index (χ3n) is 6.44. The molecule has 1 aromatic carbocycles. The number of methoxy groups -OCH3 is 1. The lowest BCUT2D eigenvalue weighted by Gasteiger charge is -2.36. The number of nitrogens with zero attached hydrogens (tertiary/aromatic N) is 5. The number of rotatable bonds is 7. The lowest BCUT2D eigenvalue weighted by atomic mass is 10.1. The van der Waals surface area contributed by atoms with Gasteiger partial charge in [0.1, 0.15) is 11.6 Å². The molecule has 1 unspecified atom stereocenters. The highest BCUT2D eigenvalue weighted by atomic mass is 16.5. The molecule has 2 fully saturated rings. The number of aromatic nitrogens is 2. The Labute approximate surface area is 189 Å². The maximum Gasteiger partial charge on any atom is 0.228 e. The number of benzene rings is 1. The zero-order valence-corrected chi connectivity index (χ0v) is 19.2. The molecule has 1 aromatic heterocycles. The van der Waals surface area contributed by atoms with E-state index in [1.807, 2.05) is 41.6 Å². The van der Waals surface area contributed by atoms with Crippen LogP contribution < -0.4 is 9.64 Å². The van der Waals surface area contributed by atoms with Gasteiger partial charge in [-0.3, -0.25) is 14.5 Å². The molecule has 0 N–H and O–H groups in total. The molecule has 2 aromatic rings. The average Bonchev–Trinajstić information content (AvgIpc) is 3.44. The number of piperazine rings is 1. The molecule has 1 atom stereocenters. The first-order chi connectivity index (χ1) is 15.5. The molecule has 4 rings (SSSR count). The van der Waals surface area contributed by atoms with Gasteiger partial charge in [-0.1, -0.05) is 19.9 Å². The Morgan fingerprint density at radius 3 is 2.69 bits per heavy atom. The van der Waals surface area contributed by atoms with Crippen molar-refractivity contribution in [2.75, 3.05) is 51.3 Å². The summed E-state index contributed by atoms with van der Waals surface area (Å²) in [5.41, 5.74) is 0.787. The molecule has 2 amide bonds. The second-order valence-corrected chi connectivity index (χ2v) is 8.91. The number of anilines is 1. The number of imidazole rings is 1. The van der Waals surface area contributed by atoms with E-state index in [0.29, 0.717) is 31.3 Å². The van der Waals surface area contributed by atoms with Crippen LogP contribution in [0.15, 0.2) is 36.7 Å². The summed E-state index contributed by atoms with van der Waals surface area (Å²) < 4.78 is 7.49. The Kier molecular flexibility index (Phi) is 6.79. The molecular formula is C24H33N5O3. The van der Waals surface area contributed by atoms with Crippen LogP contribution in [0.5, 0.6) is 5.75 Å². The first-order valence-corrected chi connectivity index (χ1v) is 11.4. The summed E-state index contributed by atoms with van der Waals surface area (Å²) in [6, 6.07) is 7.44. The highest BCUT2D eigenvalue weighted by Crippen LogP contribution is 2.29. The molecule has 0 saturated carbocycles. The Balaban J connectivity index is 1.28. The fraction of sp³-hybridized carbons (Fsp3) is 0.542. The van der Waals surface area contributed by atoms with Gasteiger partial charge in [-0.25, -0.2) is 4.98 Å². The van der Waals surface area contributed by atoms with Gasteiger partial charge in [0, 0.05) is 82.3 Å². The second kappa shape index (κ2) is 9.73. The monoisotopic (exact) mass is 439 g/mol. The number of carbonyl (C=O) groups is 2. The van der Waals surface area contributed by atoms with Crippen molar-refractivity contribution < 1.29 is 14.3 Å². The highest BCUT2D eigenvalue weighted by Gasteiger charge is 2.38. The molecule has 3 heterocycles. The normalized spacial score (nSPS) is 19.8. The summed E-state index contributed by atoms with van der Waals surface area (Å²) in [5.74, 6) is 2.05. The molecule has 0 spiro atoms. The molecule has 0 aliphatic carbocycles. The van der Waals surface area contributed by atoms with Crippen LogP contribution in [0, 0.1) is 5.92 Å². The van der Waals surface area contributed by atoms with E-state index in [4.69, 9.17) is 4.74 Å². The molecule has 2 saturated heterocycles. The van der Waals surface area contributed by atoms with E-state index in [9.17, 15) is 9.59 Å². The average molecular weight is 440 g/mol. The topological polar surface area (TPSA) is 70.9 Å². The lowest BCUT2D eigenvalue weighted by molar-refractivity contribution is -0.137. The first kappa shape index (κ1) is 22.3. The quantitative estimate of drug-likeness (QED) is 0.662. The molecule has 172 valence electrons. The molecule has 2 aliphatic rings. The smallest absolute Gasteiger partial charge is 0.228 e. The number of hydrogen-bond acceptors (Lipinski definition) is 5. The standard InChI is InChI=1S/C24H33N5O3/c1-18(2)23-25-7-8-27(23)12-9-26-10-13-28(14-11-26)24(31)19-15-22(30)29(17-19)20-5-4-6-21(16-20)32-3/h4-8,16,18-19H,9-15,17H2,1-3H3. The SMILES string of the molecule is COc1cccc(N2CC(C(=O)N3CCN(CCn4ccnc4C(C)C)CC3)CC2=O)c1. The largest absolute Gasteiger partial charge is 0.497 e. The molecule has 0 radical (unpaired) electrons. The Morgan fingerprint density at radius 1 is 1.19 bits per heavy atom. The van der Waals surface area contributed by atoms with Crippen molar-refractivity contribution in [1.29, 1.82) is 0 Å². The minimum absolute atomic E-state index is 0.00321. The Morgan fingerprint density at radius 2 is 1.97 bits per heavy atom. The van der Waals surface area contributed by atoms with Crippen molar-refractivity contribution in [1.82, 2.24) is 19.4 Å². The van der Waals surface area contributed by atoms with Gasteiger partial charge >= 0.3 is 0 Å². The molecular weight excluding hydrogens is 406 g/mol. The molecule has 32 heavy (non-hydrogen) atoms. The fourth-order valence-corrected chi connectivity index (χ4v) is 4.61. The summed E-state index contributed by atoms with van der Waals surface area (Å²) >= 11 is 0. The summed E-state index contributed by atoms with van der Waals surface area (Å²) in [6.07, 6.45) is 4.18. The minimum atomic E-state index is -0.278. The van der Waals surface area contributed by atoms with Crippen molar-refractivity contribution >= 4 is 17.5 Å². The molecule has 0 bridgehead atoms. The van der Waals surface area contributed by atoms with E-state index in [0.717, 1.165) is 37.7 Å². The lowest BCUT2D eigenvalue weighted by Crippen LogP contribution is -2.51. The van der Waals surface area contributed by atoms with Crippen LogP contribution in [0.2, 0.25) is 0 Å². The van der Waals surface area contributed by atoms with E-state index in [1.165, 1.54) is 0 Å². The second-order valence-electron chi connectivity index (χ2n) is 8.91. The van der Waals surface area contributed by atoms with Gasteiger partial charge in [0.2, 0.25) is 11.8 Å². The van der Waals surface area contributed by atoms with Gasteiger partial charge in [0.05, 0.1) is 13.0 Å². The Bertz CT molecular complexity index is 949. The Hall–Kier alpha value is -2.87. The summed E-state index contributed by atoms with van der Waals surface area (Å²) in [4.78, 5) is 36.2.